The number of ether oxygens (including phenoxy) is 9. The molecule has 0 aliphatic rings. The lowest BCUT2D eigenvalue weighted by molar-refractivity contribution is -0.138. The van der Waals surface area contributed by atoms with E-state index in [4.69, 9.17) is 47.7 Å². The van der Waals surface area contributed by atoms with Gasteiger partial charge in [-0.2, -0.15) is 0 Å². The summed E-state index contributed by atoms with van der Waals surface area (Å²) in [6.45, 7) is 10.6. The lowest BCUT2D eigenvalue weighted by Crippen LogP contribution is -2.25. The Morgan fingerprint density at radius 1 is 0.475 bits per heavy atom. The van der Waals surface area contributed by atoms with Crippen LogP contribution >= 0.6 is 0 Å². The summed E-state index contributed by atoms with van der Waals surface area (Å²) in [5.41, 5.74) is 0. The predicted octanol–water partition coefficient (Wildman–Crippen LogP) is -0.274. The third-order valence-electron chi connectivity index (χ3n) is 4.83. The second-order valence-corrected chi connectivity index (χ2v) is 8.21. The van der Waals surface area contributed by atoms with Crippen LogP contribution in [0.3, 0.4) is 0 Å². The van der Waals surface area contributed by atoms with Gasteiger partial charge in [0.15, 0.2) is 0 Å². The van der Waals surface area contributed by atoms with Crippen LogP contribution in [0.25, 0.3) is 0 Å². The van der Waals surface area contributed by atoms with Gasteiger partial charge in [-0.1, -0.05) is 0 Å². The summed E-state index contributed by atoms with van der Waals surface area (Å²) in [5.74, 6) is -1.24. The Labute approximate surface area is 238 Å². The minimum Gasteiger partial charge on any atom is -0.481 e. The van der Waals surface area contributed by atoms with E-state index < -0.39 is 5.97 Å². The molecule has 0 fully saturated rings. The number of hydrogen-bond acceptors (Lipinski definition) is 12. The smallest absolute Gasteiger partial charge is 0.303 e. The molecule has 3 N–H and O–H groups in total. The van der Waals surface area contributed by atoms with Crippen LogP contribution in [0.4, 0.5) is 0 Å². The van der Waals surface area contributed by atoms with E-state index in [1.165, 1.54) is 0 Å². The average Bonchev–Trinajstić information content (AvgIpc) is 2.94. The Bertz CT molecular complexity index is 546. The molecule has 238 valence electrons. The second kappa shape index (κ2) is 33.7. The maximum Gasteiger partial charge on any atom is 0.303 e. The van der Waals surface area contributed by atoms with Crippen molar-refractivity contribution in [1.82, 2.24) is 10.6 Å². The number of carboxylic acid groups (broad SMARTS) is 1. The van der Waals surface area contributed by atoms with Crippen molar-refractivity contribution in [2.24, 2.45) is 0 Å². The first-order valence-corrected chi connectivity index (χ1v) is 14.0. The summed E-state index contributed by atoms with van der Waals surface area (Å²) in [6.07, 6.45) is 0.489. The zero-order chi connectivity index (χ0) is 29.2. The summed E-state index contributed by atoms with van der Waals surface area (Å²) in [5, 5.41) is 14.2. The van der Waals surface area contributed by atoms with Crippen LogP contribution in [-0.2, 0) is 52.2 Å². The Hall–Kier alpha value is -1.46. The molecule has 1 amide bonds. The first-order valence-electron chi connectivity index (χ1n) is 14.0. The SMILES string of the molecule is CNCCOCCOCCOCCOCCOCCOCCOCCOCCOCCCNC(=O)CCC(=O)O. The molecule has 0 aromatic heterocycles. The molecule has 0 saturated heterocycles. The van der Waals surface area contributed by atoms with Gasteiger partial charge in [0.1, 0.15) is 0 Å². The summed E-state index contributed by atoms with van der Waals surface area (Å²) in [7, 11) is 1.89. The first-order chi connectivity index (χ1) is 19.7. The maximum absolute atomic E-state index is 11.3. The zero-order valence-electron chi connectivity index (χ0n) is 24.2. The van der Waals surface area contributed by atoms with Crippen LogP contribution in [-0.4, -0.2) is 156 Å². The molecule has 0 aliphatic heterocycles. The Kier molecular flexibility index (Phi) is 32.5. The third-order valence-corrected chi connectivity index (χ3v) is 4.83. The van der Waals surface area contributed by atoms with Crippen LogP contribution in [0.5, 0.6) is 0 Å². The molecule has 14 nitrogen and oxygen atoms in total. The molecular weight excluding hydrogens is 532 g/mol. The number of hydrogen-bond donors (Lipinski definition) is 3. The molecule has 40 heavy (non-hydrogen) atoms. The number of aliphatic carboxylic acids is 1. The Morgan fingerprint density at radius 2 is 0.800 bits per heavy atom. The summed E-state index contributed by atoms with van der Waals surface area (Å²) < 4.78 is 48.7. The number of rotatable bonds is 34. The van der Waals surface area contributed by atoms with Crippen molar-refractivity contribution in [2.75, 3.05) is 139 Å². The molecular formula is C26H52N2O12. The molecule has 0 radical (unpaired) electrons. The normalized spacial score (nSPS) is 11.2. The Morgan fingerprint density at radius 3 is 1.12 bits per heavy atom. The average molecular weight is 585 g/mol. The number of amides is 1. The fourth-order valence-corrected chi connectivity index (χ4v) is 2.75. The predicted molar refractivity (Wildman–Crippen MR) is 146 cm³/mol. The fraction of sp³-hybridized carbons (Fsp3) is 0.923. The van der Waals surface area contributed by atoms with Crippen molar-refractivity contribution in [3.63, 3.8) is 0 Å². The lowest BCUT2D eigenvalue weighted by atomic mass is 10.3. The van der Waals surface area contributed by atoms with Gasteiger partial charge < -0.3 is 58.4 Å². The highest BCUT2D eigenvalue weighted by Crippen LogP contribution is 1.90. The van der Waals surface area contributed by atoms with Gasteiger partial charge in [0.2, 0.25) is 5.91 Å². The van der Waals surface area contributed by atoms with E-state index in [1.54, 1.807) is 0 Å². The van der Waals surface area contributed by atoms with Crippen LogP contribution in [0.1, 0.15) is 19.3 Å². The molecule has 0 heterocycles. The molecule has 0 unspecified atom stereocenters. The third kappa shape index (κ3) is 34.6. The van der Waals surface area contributed by atoms with E-state index in [2.05, 4.69) is 10.6 Å². The minimum absolute atomic E-state index is 0.00665. The molecule has 0 bridgehead atoms. The topological polar surface area (TPSA) is 162 Å². The minimum atomic E-state index is -0.980. The molecule has 0 aromatic carbocycles. The zero-order valence-corrected chi connectivity index (χ0v) is 24.2. The fourth-order valence-electron chi connectivity index (χ4n) is 2.75. The van der Waals surface area contributed by atoms with Crippen molar-refractivity contribution in [1.29, 1.82) is 0 Å². The van der Waals surface area contributed by atoms with E-state index >= 15 is 0 Å². The van der Waals surface area contributed by atoms with E-state index in [9.17, 15) is 9.59 Å². The molecule has 0 rings (SSSR count). The first kappa shape index (κ1) is 38.5. The quantitative estimate of drug-likeness (QED) is 0.0848. The highest BCUT2D eigenvalue weighted by Gasteiger charge is 2.04. The van der Waals surface area contributed by atoms with E-state index in [1.807, 2.05) is 7.05 Å². The molecule has 14 heteroatoms. The largest absolute Gasteiger partial charge is 0.481 e. The molecule has 0 atom stereocenters. The number of carbonyl (C=O) groups excluding carboxylic acids is 1. The summed E-state index contributed by atoms with van der Waals surface area (Å²) in [4.78, 5) is 21.7. The van der Waals surface area contributed by atoms with Crippen molar-refractivity contribution in [2.45, 2.75) is 19.3 Å². The lowest BCUT2D eigenvalue weighted by Gasteiger charge is -2.09. The standard InChI is InChI=1S/C26H52N2O12/c1-27-6-8-33-10-12-35-14-16-37-18-20-39-22-24-40-23-21-38-19-17-36-15-13-34-11-9-32-7-2-5-28-25(29)3-4-26(30)31/h27H,2-24H2,1H3,(H,28,29)(H,30,31). The number of carboxylic acids is 1. The van der Waals surface area contributed by atoms with Crippen LogP contribution in [0.15, 0.2) is 0 Å². The van der Waals surface area contributed by atoms with Crippen molar-refractivity contribution < 1.29 is 57.3 Å². The van der Waals surface area contributed by atoms with Gasteiger partial charge in [-0.05, 0) is 13.5 Å². The highest BCUT2D eigenvalue weighted by molar-refractivity contribution is 5.80. The van der Waals surface area contributed by atoms with Gasteiger partial charge in [-0.3, -0.25) is 9.59 Å². The van der Waals surface area contributed by atoms with Crippen LogP contribution < -0.4 is 10.6 Å². The van der Waals surface area contributed by atoms with Gasteiger partial charge in [-0.15, -0.1) is 0 Å². The van der Waals surface area contributed by atoms with Crippen molar-refractivity contribution >= 4 is 11.9 Å². The van der Waals surface area contributed by atoms with E-state index in [0.29, 0.717) is 132 Å². The molecule has 0 aromatic rings. The number of carbonyl (C=O) groups is 2. The van der Waals surface area contributed by atoms with Crippen LogP contribution in [0.2, 0.25) is 0 Å². The van der Waals surface area contributed by atoms with Crippen molar-refractivity contribution in [3.8, 4) is 0 Å². The molecule has 0 saturated carbocycles. The van der Waals surface area contributed by atoms with Gasteiger partial charge >= 0.3 is 5.97 Å². The maximum atomic E-state index is 11.3. The number of nitrogens with one attached hydrogen (secondary N) is 2. The van der Waals surface area contributed by atoms with Gasteiger partial charge in [0.25, 0.3) is 0 Å². The monoisotopic (exact) mass is 584 g/mol. The summed E-state index contributed by atoms with van der Waals surface area (Å²) in [6, 6.07) is 0. The highest BCUT2D eigenvalue weighted by atomic mass is 16.6. The summed E-state index contributed by atoms with van der Waals surface area (Å²) >= 11 is 0. The van der Waals surface area contributed by atoms with Gasteiger partial charge in [0, 0.05) is 26.1 Å². The van der Waals surface area contributed by atoms with E-state index in [0.717, 1.165) is 6.54 Å². The Balaban J connectivity index is 3.07. The number of likely N-dealkylation sites (N-methyl/N-ethyl adjacent to an activating group) is 1. The van der Waals surface area contributed by atoms with E-state index in [-0.39, 0.29) is 18.7 Å². The molecule has 0 aliphatic carbocycles. The van der Waals surface area contributed by atoms with Gasteiger partial charge in [0.05, 0.1) is 119 Å². The second-order valence-electron chi connectivity index (χ2n) is 8.21. The van der Waals surface area contributed by atoms with Gasteiger partial charge in [-0.25, -0.2) is 0 Å². The van der Waals surface area contributed by atoms with Crippen LogP contribution in [0, 0.1) is 0 Å². The molecule has 0 spiro atoms. The van der Waals surface area contributed by atoms with Crippen molar-refractivity contribution in [3.05, 3.63) is 0 Å².